The number of carbonyl (C=O) groups is 2. The van der Waals surface area contributed by atoms with Crippen LogP contribution in [-0.4, -0.2) is 26.7 Å². The zero-order chi connectivity index (χ0) is 18.7. The van der Waals surface area contributed by atoms with Gasteiger partial charge in [-0.25, -0.2) is 4.98 Å². The normalized spacial score (nSPS) is 11.5. The van der Waals surface area contributed by atoms with Gasteiger partial charge in [0.1, 0.15) is 12.1 Å². The van der Waals surface area contributed by atoms with Gasteiger partial charge in [-0.1, -0.05) is 23.9 Å². The van der Waals surface area contributed by atoms with Gasteiger partial charge >= 0.3 is 6.18 Å². The molecule has 0 amide bonds. The summed E-state index contributed by atoms with van der Waals surface area (Å²) in [6.07, 6.45) is -2.51. The van der Waals surface area contributed by atoms with Crippen LogP contribution in [0.4, 0.5) is 13.2 Å². The third-order valence-electron chi connectivity index (χ3n) is 3.31. The van der Waals surface area contributed by atoms with E-state index in [1.807, 2.05) is 0 Å². The Morgan fingerprint density at radius 2 is 1.92 bits per heavy atom. The standard InChI is InChI=1S/C16H10F3N3O3S/c17-16(18,19)9-3-1-2-4-12(9)26-13-5-6-25-11(13)7-10(23)14(24)15-20-8-21-22-15/h1-6,8H,7H2,(H,20,21,22). The van der Waals surface area contributed by atoms with Gasteiger partial charge in [0.2, 0.25) is 11.6 Å². The zero-order valence-electron chi connectivity index (χ0n) is 12.9. The number of furan rings is 1. The molecule has 26 heavy (non-hydrogen) atoms. The van der Waals surface area contributed by atoms with E-state index in [1.54, 1.807) is 0 Å². The molecule has 0 aliphatic rings. The second kappa shape index (κ2) is 7.16. The lowest BCUT2D eigenvalue weighted by atomic mass is 10.1. The molecule has 0 spiro atoms. The third-order valence-corrected chi connectivity index (χ3v) is 4.47. The topological polar surface area (TPSA) is 88.9 Å². The third kappa shape index (κ3) is 3.85. The highest BCUT2D eigenvalue weighted by atomic mass is 32.2. The van der Waals surface area contributed by atoms with Crippen LogP contribution in [0.3, 0.4) is 0 Å². The van der Waals surface area contributed by atoms with Gasteiger partial charge in [0.05, 0.1) is 23.1 Å². The van der Waals surface area contributed by atoms with E-state index in [-0.39, 0.29) is 16.5 Å². The summed E-state index contributed by atoms with van der Waals surface area (Å²) in [4.78, 5) is 27.8. The number of Topliss-reactive ketones (excluding diaryl/α,β-unsaturated/α-hetero) is 2. The van der Waals surface area contributed by atoms with Gasteiger partial charge in [-0.05, 0) is 18.2 Å². The van der Waals surface area contributed by atoms with Gasteiger partial charge in [0.15, 0.2) is 0 Å². The van der Waals surface area contributed by atoms with Gasteiger partial charge in [-0.15, -0.1) is 5.10 Å². The average molecular weight is 381 g/mol. The number of nitrogens with zero attached hydrogens (tertiary/aromatic N) is 2. The van der Waals surface area contributed by atoms with Gasteiger partial charge in [-0.3, -0.25) is 14.7 Å². The molecule has 6 nitrogen and oxygen atoms in total. The summed E-state index contributed by atoms with van der Waals surface area (Å²) in [6, 6.07) is 6.51. The number of hydrogen-bond acceptors (Lipinski definition) is 6. The highest BCUT2D eigenvalue weighted by Gasteiger charge is 2.33. The number of hydrogen-bond donors (Lipinski definition) is 1. The molecule has 2 aromatic heterocycles. The first kappa shape index (κ1) is 17.9. The minimum atomic E-state index is -4.51. The Morgan fingerprint density at radius 1 is 1.15 bits per heavy atom. The average Bonchev–Trinajstić information content (AvgIpc) is 3.26. The molecule has 0 saturated heterocycles. The number of aromatic nitrogens is 3. The first-order chi connectivity index (χ1) is 12.4. The van der Waals surface area contributed by atoms with Crippen LogP contribution in [0.25, 0.3) is 0 Å². The summed E-state index contributed by atoms with van der Waals surface area (Å²) in [6.45, 7) is 0. The molecule has 3 rings (SSSR count). The van der Waals surface area contributed by atoms with Crippen LogP contribution in [0.5, 0.6) is 0 Å². The van der Waals surface area contributed by atoms with Gasteiger partial charge in [0.25, 0.3) is 5.78 Å². The van der Waals surface area contributed by atoms with E-state index >= 15 is 0 Å². The van der Waals surface area contributed by atoms with Crippen molar-refractivity contribution < 1.29 is 27.2 Å². The first-order valence-corrected chi connectivity index (χ1v) is 8.01. The van der Waals surface area contributed by atoms with Crippen LogP contribution < -0.4 is 0 Å². The highest BCUT2D eigenvalue weighted by Crippen LogP contribution is 2.40. The first-order valence-electron chi connectivity index (χ1n) is 7.20. The predicted octanol–water partition coefficient (Wildman–Crippen LogP) is 3.56. The molecule has 0 aliphatic carbocycles. The Balaban J connectivity index is 1.80. The van der Waals surface area contributed by atoms with Crippen molar-refractivity contribution in [2.24, 2.45) is 0 Å². The minimum Gasteiger partial charge on any atom is -0.468 e. The molecule has 10 heteroatoms. The molecule has 134 valence electrons. The lowest BCUT2D eigenvalue weighted by Crippen LogP contribution is -2.18. The van der Waals surface area contributed by atoms with E-state index < -0.39 is 29.7 Å². The maximum Gasteiger partial charge on any atom is 0.417 e. The van der Waals surface area contributed by atoms with Gasteiger partial charge in [-0.2, -0.15) is 13.2 Å². The van der Waals surface area contributed by atoms with Crippen molar-refractivity contribution in [1.29, 1.82) is 0 Å². The summed E-state index contributed by atoms with van der Waals surface area (Å²) < 4.78 is 44.5. The number of nitrogens with one attached hydrogen (secondary N) is 1. The van der Waals surface area contributed by atoms with E-state index in [1.165, 1.54) is 30.5 Å². The summed E-state index contributed by atoms with van der Waals surface area (Å²) in [5.41, 5.74) is -0.791. The summed E-state index contributed by atoms with van der Waals surface area (Å²) in [5, 5.41) is 5.85. The van der Waals surface area contributed by atoms with E-state index in [0.29, 0.717) is 4.90 Å². The number of halogens is 3. The molecular weight excluding hydrogens is 371 g/mol. The maximum atomic E-state index is 13.1. The van der Waals surface area contributed by atoms with Crippen molar-refractivity contribution >= 4 is 23.3 Å². The van der Waals surface area contributed by atoms with Crippen molar-refractivity contribution in [3.05, 3.63) is 60.1 Å². The molecule has 0 unspecified atom stereocenters. The molecule has 0 radical (unpaired) electrons. The molecule has 0 saturated carbocycles. The molecular formula is C16H10F3N3O3S. The number of rotatable bonds is 6. The Labute approximate surface area is 148 Å². The lowest BCUT2D eigenvalue weighted by molar-refractivity contribution is -0.139. The number of benzene rings is 1. The second-order valence-corrected chi connectivity index (χ2v) is 6.14. The van der Waals surface area contributed by atoms with Crippen LogP contribution in [-0.2, 0) is 17.4 Å². The van der Waals surface area contributed by atoms with E-state index in [9.17, 15) is 22.8 Å². The maximum absolute atomic E-state index is 13.1. The molecule has 0 bridgehead atoms. The van der Waals surface area contributed by atoms with Crippen LogP contribution in [0.2, 0.25) is 0 Å². The fourth-order valence-electron chi connectivity index (χ4n) is 2.13. The second-order valence-electron chi connectivity index (χ2n) is 5.06. The smallest absolute Gasteiger partial charge is 0.417 e. The largest absolute Gasteiger partial charge is 0.468 e. The van der Waals surface area contributed by atoms with Crippen molar-refractivity contribution in [3.8, 4) is 0 Å². The monoisotopic (exact) mass is 381 g/mol. The minimum absolute atomic E-state index is 0.0320. The molecule has 3 aromatic rings. The van der Waals surface area contributed by atoms with Crippen molar-refractivity contribution in [2.45, 2.75) is 22.4 Å². The number of carbonyl (C=O) groups excluding carboxylic acids is 2. The Hall–Kier alpha value is -2.88. The Bertz CT molecular complexity index is 936. The van der Waals surface area contributed by atoms with Crippen molar-refractivity contribution in [3.63, 3.8) is 0 Å². The predicted molar refractivity (Wildman–Crippen MR) is 83.7 cm³/mol. The number of alkyl halides is 3. The zero-order valence-corrected chi connectivity index (χ0v) is 13.7. The van der Waals surface area contributed by atoms with Crippen molar-refractivity contribution in [1.82, 2.24) is 15.2 Å². The number of aromatic amines is 1. The highest BCUT2D eigenvalue weighted by molar-refractivity contribution is 7.99. The van der Waals surface area contributed by atoms with E-state index in [0.717, 1.165) is 24.2 Å². The SMILES string of the molecule is O=C(Cc1occc1Sc1ccccc1C(F)(F)F)C(=O)c1nc[nH]n1. The molecule has 0 atom stereocenters. The summed E-state index contributed by atoms with van der Waals surface area (Å²) >= 11 is 0.811. The quantitative estimate of drug-likeness (QED) is 0.519. The molecule has 2 heterocycles. The van der Waals surface area contributed by atoms with Gasteiger partial charge in [0, 0.05) is 4.90 Å². The molecule has 1 N–H and O–H groups in total. The number of H-pyrrole nitrogens is 1. The van der Waals surface area contributed by atoms with Crippen LogP contribution in [0.15, 0.2) is 57.1 Å². The van der Waals surface area contributed by atoms with E-state index in [2.05, 4.69) is 15.2 Å². The molecule has 0 aliphatic heterocycles. The van der Waals surface area contributed by atoms with Crippen LogP contribution in [0.1, 0.15) is 21.9 Å². The fraction of sp³-hybridized carbons (Fsp3) is 0.125. The molecule has 0 fully saturated rings. The van der Waals surface area contributed by atoms with Crippen LogP contribution >= 0.6 is 11.8 Å². The number of ketones is 2. The Kier molecular flexibility index (Phi) is 4.94. The van der Waals surface area contributed by atoms with Crippen molar-refractivity contribution in [2.75, 3.05) is 0 Å². The summed E-state index contributed by atoms with van der Waals surface area (Å²) in [7, 11) is 0. The van der Waals surface area contributed by atoms with E-state index in [4.69, 9.17) is 4.42 Å². The Morgan fingerprint density at radius 3 is 2.62 bits per heavy atom. The fourth-order valence-corrected chi connectivity index (χ4v) is 3.16. The molecule has 1 aromatic carbocycles. The summed E-state index contributed by atoms with van der Waals surface area (Å²) in [5.74, 6) is -1.92. The van der Waals surface area contributed by atoms with Crippen LogP contribution in [0, 0.1) is 0 Å². The lowest BCUT2D eigenvalue weighted by Gasteiger charge is -2.11. The van der Waals surface area contributed by atoms with Gasteiger partial charge < -0.3 is 4.42 Å².